The number of amides is 3. The Labute approximate surface area is 294 Å². The third-order valence-electron chi connectivity index (χ3n) is 10.00. The van der Waals surface area contributed by atoms with Gasteiger partial charge in [0, 0.05) is 39.8 Å². The van der Waals surface area contributed by atoms with Crippen LogP contribution in [0.3, 0.4) is 0 Å². The zero-order valence-electron chi connectivity index (χ0n) is 28.8. The quantitative estimate of drug-likeness (QED) is 0.130. The second-order valence-corrected chi connectivity index (χ2v) is 13.2. The number of likely N-dealkylation sites (tertiary alicyclic amines) is 1. The lowest BCUT2D eigenvalue weighted by Gasteiger charge is -2.37. The zero-order valence-corrected chi connectivity index (χ0v) is 28.8. The van der Waals surface area contributed by atoms with Gasteiger partial charge in [-0.25, -0.2) is 0 Å². The van der Waals surface area contributed by atoms with E-state index in [0.717, 1.165) is 5.56 Å². The molecule has 2 bridgehead atoms. The highest BCUT2D eigenvalue weighted by atomic mass is 16.6. The number of aliphatic hydroxyl groups excluding tert-OH is 1. The van der Waals surface area contributed by atoms with Crippen LogP contribution in [0.5, 0.6) is 0 Å². The van der Waals surface area contributed by atoms with Crippen molar-refractivity contribution in [1.82, 2.24) is 15.1 Å². The van der Waals surface area contributed by atoms with Gasteiger partial charge in [-0.05, 0) is 43.2 Å². The average molecular weight is 688 g/mol. The number of nitrogens with one attached hydrogen (secondary N) is 1. The Kier molecular flexibility index (Phi) is 12.6. The summed E-state index contributed by atoms with van der Waals surface area (Å²) >= 11 is 0. The van der Waals surface area contributed by atoms with Gasteiger partial charge in [-0.3, -0.25) is 19.2 Å². The van der Waals surface area contributed by atoms with Crippen molar-refractivity contribution in [3.05, 3.63) is 97.1 Å². The van der Waals surface area contributed by atoms with Gasteiger partial charge < -0.3 is 34.4 Å². The number of hydrogen-bond donors (Lipinski definition) is 2. The minimum Gasteiger partial charge on any atom is -0.455 e. The molecule has 50 heavy (non-hydrogen) atoms. The van der Waals surface area contributed by atoms with Gasteiger partial charge in [-0.15, -0.1) is 13.2 Å². The van der Waals surface area contributed by atoms with E-state index >= 15 is 0 Å². The minimum absolute atomic E-state index is 0.0486. The van der Waals surface area contributed by atoms with E-state index < -0.39 is 47.7 Å². The van der Waals surface area contributed by atoms with Crippen LogP contribution in [0.25, 0.3) is 0 Å². The molecular formula is C39H49N3O8. The largest absolute Gasteiger partial charge is 0.455 e. The summed E-state index contributed by atoms with van der Waals surface area (Å²) in [5.74, 6) is -3.35. The van der Waals surface area contributed by atoms with Crippen LogP contribution in [0.15, 0.2) is 86.0 Å². The highest BCUT2D eigenvalue weighted by Crippen LogP contribution is 2.59. The number of hydrogen-bond acceptors (Lipinski definition) is 8. The Hall–Kier alpha value is -4.32. The van der Waals surface area contributed by atoms with Gasteiger partial charge in [0.25, 0.3) is 0 Å². The second-order valence-electron chi connectivity index (χ2n) is 13.2. The molecule has 2 N–H and O–H groups in total. The summed E-state index contributed by atoms with van der Waals surface area (Å²) in [6.07, 6.45) is 4.33. The maximum Gasteiger partial charge on any atom is 0.313 e. The molecule has 7 atom stereocenters. The summed E-state index contributed by atoms with van der Waals surface area (Å²) in [4.78, 5) is 59.6. The molecule has 1 spiro atoms. The number of nitrogens with zero attached hydrogens (tertiary/aromatic N) is 2. The second kappa shape index (κ2) is 17.1. The predicted molar refractivity (Wildman–Crippen MR) is 186 cm³/mol. The number of allylic oxidation sites excluding steroid dienone is 1. The lowest BCUT2D eigenvalue weighted by Crippen LogP contribution is -2.56. The van der Waals surface area contributed by atoms with Gasteiger partial charge in [0.1, 0.15) is 17.7 Å². The molecule has 3 aliphatic rings. The molecule has 2 aromatic carbocycles. The lowest BCUT2D eigenvalue weighted by molar-refractivity contribution is -0.163. The van der Waals surface area contributed by atoms with Gasteiger partial charge in [-0.2, -0.15) is 0 Å². The first-order valence-electron chi connectivity index (χ1n) is 17.5. The van der Waals surface area contributed by atoms with Crippen LogP contribution in [0.2, 0.25) is 0 Å². The van der Waals surface area contributed by atoms with Crippen molar-refractivity contribution >= 4 is 23.7 Å². The van der Waals surface area contributed by atoms with Crippen molar-refractivity contribution in [1.29, 1.82) is 0 Å². The molecule has 11 heteroatoms. The highest BCUT2D eigenvalue weighted by Gasteiger charge is 2.75. The molecule has 3 amide bonds. The summed E-state index contributed by atoms with van der Waals surface area (Å²) < 4.78 is 18.4. The maximum absolute atomic E-state index is 14.6. The Morgan fingerprint density at radius 1 is 1.10 bits per heavy atom. The van der Waals surface area contributed by atoms with Crippen molar-refractivity contribution in [2.24, 2.45) is 11.8 Å². The Balaban J connectivity index is 1.46. The van der Waals surface area contributed by atoms with Crippen molar-refractivity contribution in [3.63, 3.8) is 0 Å². The van der Waals surface area contributed by atoms with E-state index in [-0.39, 0.29) is 50.4 Å². The summed E-state index contributed by atoms with van der Waals surface area (Å²) in [6.45, 7) is 8.39. The van der Waals surface area contributed by atoms with E-state index in [4.69, 9.17) is 14.2 Å². The Morgan fingerprint density at radius 2 is 1.82 bits per heavy atom. The number of aliphatic hydroxyl groups is 1. The van der Waals surface area contributed by atoms with Crippen LogP contribution in [-0.4, -0.2) is 95.8 Å². The molecule has 0 aliphatic carbocycles. The average Bonchev–Trinajstić information content (AvgIpc) is 3.77. The zero-order chi connectivity index (χ0) is 35.7. The first kappa shape index (κ1) is 36.9. The third kappa shape index (κ3) is 7.70. The third-order valence-corrected chi connectivity index (χ3v) is 10.00. The molecule has 0 saturated carbocycles. The molecule has 0 aromatic heterocycles. The molecule has 3 saturated heterocycles. The molecule has 2 aromatic rings. The Bertz CT molecular complexity index is 1500. The van der Waals surface area contributed by atoms with Crippen LogP contribution >= 0.6 is 0 Å². The van der Waals surface area contributed by atoms with Gasteiger partial charge in [0.2, 0.25) is 17.7 Å². The van der Waals surface area contributed by atoms with Crippen LogP contribution in [0, 0.1) is 11.8 Å². The number of carbonyl (C=O) groups excluding carboxylic acids is 4. The number of fused-ring (bicyclic) bond motifs is 1. The minimum atomic E-state index is -1.22. The van der Waals surface area contributed by atoms with E-state index in [1.54, 1.807) is 22.0 Å². The predicted octanol–water partition coefficient (Wildman–Crippen LogP) is 3.73. The topological polar surface area (TPSA) is 135 Å². The van der Waals surface area contributed by atoms with Gasteiger partial charge in [0.15, 0.2) is 0 Å². The van der Waals surface area contributed by atoms with Crippen molar-refractivity contribution in [2.45, 2.75) is 75.0 Å². The van der Waals surface area contributed by atoms with Gasteiger partial charge in [-0.1, -0.05) is 72.8 Å². The first-order valence-corrected chi connectivity index (χ1v) is 17.5. The normalized spacial score (nSPS) is 24.7. The fraction of sp³-hybridized carbons (Fsp3) is 0.487. The summed E-state index contributed by atoms with van der Waals surface area (Å²) in [6, 6.07) is 17.0. The van der Waals surface area contributed by atoms with Crippen molar-refractivity contribution in [3.8, 4) is 0 Å². The first-order chi connectivity index (χ1) is 24.3. The van der Waals surface area contributed by atoms with Crippen molar-refractivity contribution < 1.29 is 38.5 Å². The van der Waals surface area contributed by atoms with Crippen LogP contribution < -0.4 is 5.32 Å². The number of esters is 1. The standard InChI is InChI=1S/C39H49N3O8/c1-4-6-19-31(44)40-29(26-48-3)34(28-17-11-8-12-18-28)49-38(47)32-30-20-21-39(50-30)33(32)36(45)42(23-13-14-24-43)35(39)37(46)41(22-5-2)25-27-15-9-7-10-16-27/h4-5,7-12,15-18,29-30,32-35,43H,1-2,6,13-14,19-26H2,3H3,(H,40,44)/t29-,30-,32+,33+,34-,35-,39+/m0/s1. The number of carbonyl (C=O) groups is 4. The smallest absolute Gasteiger partial charge is 0.313 e. The number of unbranched alkanes of at least 4 members (excludes halogenated alkanes) is 1. The number of methoxy groups -OCH3 is 1. The van der Waals surface area contributed by atoms with E-state index in [0.29, 0.717) is 44.2 Å². The summed E-state index contributed by atoms with van der Waals surface area (Å²) in [5.41, 5.74) is 0.369. The Morgan fingerprint density at radius 3 is 2.48 bits per heavy atom. The van der Waals surface area contributed by atoms with E-state index in [9.17, 15) is 24.3 Å². The monoisotopic (exact) mass is 687 g/mol. The van der Waals surface area contributed by atoms with E-state index in [2.05, 4.69) is 18.5 Å². The number of ether oxygens (including phenoxy) is 3. The van der Waals surface area contributed by atoms with Crippen LogP contribution in [-0.2, 0) is 39.9 Å². The fourth-order valence-electron chi connectivity index (χ4n) is 7.83. The molecule has 11 nitrogen and oxygen atoms in total. The molecule has 3 heterocycles. The van der Waals surface area contributed by atoms with Crippen molar-refractivity contribution in [2.75, 3.05) is 33.4 Å². The van der Waals surface area contributed by atoms with E-state index in [1.165, 1.54) is 7.11 Å². The highest BCUT2D eigenvalue weighted by molar-refractivity contribution is 5.98. The van der Waals surface area contributed by atoms with E-state index in [1.807, 2.05) is 60.7 Å². The van der Waals surface area contributed by atoms with Gasteiger partial charge >= 0.3 is 5.97 Å². The maximum atomic E-state index is 14.6. The fourth-order valence-corrected chi connectivity index (χ4v) is 7.83. The lowest BCUT2D eigenvalue weighted by atomic mass is 9.70. The SMILES string of the molecule is C=CCCC(=O)N[C@@H](COC)[C@@H](OC(=O)[C@@H]1[C@@H]2CC[C@]3(O2)[C@H](C(=O)N(CC=C)Cc2ccccc2)N(CCCCO)C(=O)[C@@H]13)c1ccccc1. The number of rotatable bonds is 19. The molecule has 3 fully saturated rings. The van der Waals surface area contributed by atoms with Crippen LogP contribution in [0.1, 0.15) is 55.8 Å². The molecule has 268 valence electrons. The molecule has 5 rings (SSSR count). The summed E-state index contributed by atoms with van der Waals surface area (Å²) in [5, 5.41) is 12.5. The van der Waals surface area contributed by atoms with Crippen LogP contribution in [0.4, 0.5) is 0 Å². The molecule has 3 aliphatic heterocycles. The molecular weight excluding hydrogens is 638 g/mol. The molecule has 0 radical (unpaired) electrons. The number of benzene rings is 2. The summed E-state index contributed by atoms with van der Waals surface area (Å²) in [7, 11) is 1.51. The van der Waals surface area contributed by atoms with Gasteiger partial charge in [0.05, 0.1) is 30.6 Å². The molecule has 0 unspecified atom stereocenters.